The molecular weight excluding hydrogens is 833 g/mol. The number of carbonyl (C=O) groups is 8. The summed E-state index contributed by atoms with van der Waals surface area (Å²) in [6, 6.07) is 9.52. The lowest BCUT2D eigenvalue weighted by Gasteiger charge is -2.26. The van der Waals surface area contributed by atoms with Gasteiger partial charge in [0.15, 0.2) is 0 Å². The molecule has 0 aromatic heterocycles. The molecule has 58 heavy (non-hydrogen) atoms. The number of carboxylic acids is 2. The van der Waals surface area contributed by atoms with Crippen LogP contribution in [-0.2, 0) is 40.1 Å². The molecule has 3 aliphatic rings. The Hall–Kier alpha value is -4.48. The average Bonchev–Trinajstić information content (AvgIpc) is 3.68. The molecule has 5 rings (SSSR count). The van der Waals surface area contributed by atoms with E-state index in [1.807, 2.05) is 36.4 Å². The topological polar surface area (TPSA) is 301 Å². The fourth-order valence-corrected chi connectivity index (χ4v) is 11.0. The lowest BCUT2D eigenvalue weighted by Crippen LogP contribution is -2.59. The molecular formula is C36H46N8O10S4. The van der Waals surface area contributed by atoms with E-state index in [1.54, 1.807) is 21.6 Å². The minimum atomic E-state index is -1.71. The zero-order valence-corrected chi connectivity index (χ0v) is 34.4. The van der Waals surface area contributed by atoms with Crippen molar-refractivity contribution in [2.75, 3.05) is 18.8 Å². The molecule has 2 unspecified atom stereocenters. The summed E-state index contributed by atoms with van der Waals surface area (Å²) >= 11 is 0. The first kappa shape index (κ1) is 46.2. The summed E-state index contributed by atoms with van der Waals surface area (Å²) in [5.41, 5.74) is 12.9. The lowest BCUT2D eigenvalue weighted by atomic mass is 10.1. The number of amides is 6. The zero-order valence-electron chi connectivity index (χ0n) is 31.1. The Morgan fingerprint density at radius 1 is 0.741 bits per heavy atom. The molecule has 0 saturated carbocycles. The number of rotatable bonds is 9. The molecule has 2 aromatic carbocycles. The van der Waals surface area contributed by atoms with Crippen molar-refractivity contribution in [1.29, 1.82) is 0 Å². The van der Waals surface area contributed by atoms with E-state index in [-0.39, 0.29) is 23.3 Å². The minimum Gasteiger partial charge on any atom is -0.481 e. The molecule has 3 aliphatic heterocycles. The van der Waals surface area contributed by atoms with Crippen LogP contribution >= 0.6 is 43.2 Å². The maximum absolute atomic E-state index is 13.1. The molecule has 2 saturated heterocycles. The smallest absolute Gasteiger partial charge is 0.305 e. The quantitative estimate of drug-likeness (QED) is 0.120. The highest BCUT2D eigenvalue weighted by Crippen LogP contribution is 2.41. The van der Waals surface area contributed by atoms with E-state index in [4.69, 9.17) is 11.5 Å². The monoisotopic (exact) mass is 878 g/mol. The van der Waals surface area contributed by atoms with Crippen molar-refractivity contribution in [3.8, 4) is 0 Å². The predicted octanol–water partition coefficient (Wildman–Crippen LogP) is 0.344. The molecule has 6 amide bonds. The number of nitrogens with two attached hydrogens (primary N) is 2. The van der Waals surface area contributed by atoms with Gasteiger partial charge in [0.1, 0.15) is 24.2 Å². The number of hydrogen-bond acceptors (Lipinski definition) is 14. The van der Waals surface area contributed by atoms with Crippen molar-refractivity contribution in [2.45, 2.75) is 90.3 Å². The van der Waals surface area contributed by atoms with E-state index in [9.17, 15) is 48.6 Å². The maximum atomic E-state index is 13.1. The number of carbonyl (C=O) groups excluding carboxylic acids is 6. The van der Waals surface area contributed by atoms with Gasteiger partial charge >= 0.3 is 11.9 Å². The van der Waals surface area contributed by atoms with E-state index in [0.717, 1.165) is 16.0 Å². The standard InChI is InChI=1S/C22H35N7O9S2.C14H11NOS2/c23-4-2-1-3-11-19(35)29-15(18(24)34)9-39-40-10-5-12(25-8-10)20(36)27-14(7-17(32)33)22(38)28-13(6-16(30)31)21(37)26-11;16-14-11-6-2-4-8-13(11)18-17-12-7-3-1-5-10(12)9-15-14/h10-15,25H,1-9,23H2,(H2,24,34)(H,26,37)(H,27,36)(H,28,38)(H,29,35)(H,30,31)(H,32,33);1-8H,9H2,(H,15,16)/t10?,11-,12?,13-,14-,15-;/m0./s1. The first-order valence-corrected chi connectivity index (χ1v) is 22.7. The SMILES string of the molecule is NCCCC[C@@H]1NC(=O)[C@H](CC(=O)O)NC(=O)[C@H](CC(=O)O)NC(=O)C2CC(CN2)SSC[C@@H](C(N)=O)NC1=O.O=C1NCc2ccccc2SSc2ccccc21. The molecule has 314 valence electrons. The fourth-order valence-electron chi connectivity index (χ4n) is 5.81. The molecule has 12 N–H and O–H groups in total. The molecule has 2 aromatic rings. The molecule has 0 radical (unpaired) electrons. The Labute approximate surface area is 349 Å². The van der Waals surface area contributed by atoms with Gasteiger partial charge in [0.05, 0.1) is 24.4 Å². The van der Waals surface area contributed by atoms with Crippen LogP contribution in [0.1, 0.15) is 54.4 Å². The van der Waals surface area contributed by atoms with Crippen molar-refractivity contribution in [1.82, 2.24) is 31.9 Å². The number of hydrogen-bond donors (Lipinski definition) is 10. The summed E-state index contributed by atoms with van der Waals surface area (Å²) in [6.45, 7) is 1.30. The summed E-state index contributed by atoms with van der Waals surface area (Å²) in [7, 11) is 5.97. The van der Waals surface area contributed by atoms with Gasteiger partial charge in [-0.3, -0.25) is 38.4 Å². The van der Waals surface area contributed by atoms with E-state index < -0.39 is 84.5 Å². The van der Waals surface area contributed by atoms with Crippen LogP contribution in [0, 0.1) is 0 Å². The van der Waals surface area contributed by atoms with Crippen LogP contribution in [0.5, 0.6) is 0 Å². The van der Waals surface area contributed by atoms with Gasteiger partial charge in [-0.05, 0) is 56.0 Å². The second kappa shape index (κ2) is 23.2. The Kier molecular flexibility index (Phi) is 18.5. The summed E-state index contributed by atoms with van der Waals surface area (Å²) < 4.78 is 0. The molecule has 18 nitrogen and oxygen atoms in total. The highest BCUT2D eigenvalue weighted by atomic mass is 33.1. The lowest BCUT2D eigenvalue weighted by molar-refractivity contribution is -0.143. The highest BCUT2D eigenvalue weighted by Gasteiger charge is 2.36. The Morgan fingerprint density at radius 2 is 1.33 bits per heavy atom. The fraction of sp³-hybridized carbons (Fsp3) is 0.444. The van der Waals surface area contributed by atoms with Crippen LogP contribution in [-0.4, -0.2) is 112 Å². The average molecular weight is 879 g/mol. The number of nitrogens with one attached hydrogen (secondary N) is 6. The first-order valence-electron chi connectivity index (χ1n) is 18.2. The van der Waals surface area contributed by atoms with Gasteiger partial charge in [-0.15, -0.1) is 0 Å². The van der Waals surface area contributed by atoms with Crippen LogP contribution < -0.4 is 43.4 Å². The van der Waals surface area contributed by atoms with Gasteiger partial charge < -0.3 is 53.6 Å². The third-order valence-corrected chi connectivity index (χ3v) is 14.3. The van der Waals surface area contributed by atoms with Gasteiger partial charge in [0.25, 0.3) is 5.91 Å². The maximum Gasteiger partial charge on any atom is 0.305 e. The summed E-state index contributed by atoms with van der Waals surface area (Å²) in [5.74, 6) is -7.08. The van der Waals surface area contributed by atoms with Gasteiger partial charge in [-0.2, -0.15) is 0 Å². The van der Waals surface area contributed by atoms with Crippen molar-refractivity contribution < 1.29 is 48.6 Å². The number of carboxylic acid groups (broad SMARTS) is 2. The third kappa shape index (κ3) is 14.4. The van der Waals surface area contributed by atoms with E-state index >= 15 is 0 Å². The minimum absolute atomic E-state index is 0.00426. The largest absolute Gasteiger partial charge is 0.481 e. The second-order valence-corrected chi connectivity index (χ2v) is 18.2. The van der Waals surface area contributed by atoms with Crippen LogP contribution in [0.15, 0.2) is 58.3 Å². The highest BCUT2D eigenvalue weighted by molar-refractivity contribution is 8.77. The Balaban J connectivity index is 0.000000339. The predicted molar refractivity (Wildman–Crippen MR) is 220 cm³/mol. The summed E-state index contributed by atoms with van der Waals surface area (Å²) in [4.78, 5) is 101. The summed E-state index contributed by atoms with van der Waals surface area (Å²) in [5, 5.41) is 34.0. The molecule has 0 spiro atoms. The number of primary amides is 1. The number of benzene rings is 2. The van der Waals surface area contributed by atoms with E-state index in [2.05, 4.69) is 44.0 Å². The van der Waals surface area contributed by atoms with E-state index in [0.29, 0.717) is 38.9 Å². The molecule has 3 heterocycles. The van der Waals surface area contributed by atoms with Crippen LogP contribution in [0.2, 0.25) is 0 Å². The van der Waals surface area contributed by atoms with Gasteiger partial charge in [-0.25, -0.2) is 0 Å². The van der Waals surface area contributed by atoms with Crippen LogP contribution in [0.25, 0.3) is 0 Å². The number of unbranched alkanes of at least 4 members (excludes halogenated alkanes) is 1. The molecule has 2 bridgehead atoms. The normalized spacial score (nSPS) is 24.3. The van der Waals surface area contributed by atoms with Crippen molar-refractivity contribution in [3.63, 3.8) is 0 Å². The van der Waals surface area contributed by atoms with Crippen molar-refractivity contribution >= 4 is 90.6 Å². The molecule has 0 aliphatic carbocycles. The molecule has 2 fully saturated rings. The number of aliphatic carboxylic acids is 2. The molecule has 22 heteroatoms. The zero-order chi connectivity index (χ0) is 42.2. The van der Waals surface area contributed by atoms with Crippen LogP contribution in [0.3, 0.4) is 0 Å². The van der Waals surface area contributed by atoms with Gasteiger partial charge in [0, 0.05) is 33.9 Å². The van der Waals surface area contributed by atoms with Gasteiger partial charge in [-0.1, -0.05) is 73.5 Å². The second-order valence-electron chi connectivity index (χ2n) is 13.3. The molecule has 6 atom stereocenters. The van der Waals surface area contributed by atoms with Crippen molar-refractivity contribution in [3.05, 3.63) is 59.7 Å². The Bertz CT molecular complexity index is 1840. The van der Waals surface area contributed by atoms with Crippen LogP contribution in [0.4, 0.5) is 0 Å². The Morgan fingerprint density at radius 3 is 1.98 bits per heavy atom. The van der Waals surface area contributed by atoms with E-state index in [1.165, 1.54) is 26.5 Å². The van der Waals surface area contributed by atoms with Crippen molar-refractivity contribution in [2.24, 2.45) is 11.5 Å². The van der Waals surface area contributed by atoms with Gasteiger partial charge in [0.2, 0.25) is 29.5 Å². The third-order valence-electron chi connectivity index (χ3n) is 8.87. The number of fused-ring (bicyclic) bond motifs is 4. The first-order chi connectivity index (χ1) is 27.7. The summed E-state index contributed by atoms with van der Waals surface area (Å²) in [6.07, 6.45) is -0.397.